The van der Waals surface area contributed by atoms with Crippen LogP contribution in [-0.2, 0) is 4.79 Å². The van der Waals surface area contributed by atoms with Gasteiger partial charge < -0.3 is 10.6 Å². The average molecular weight is 288 g/mol. The number of rotatable bonds is 6. The number of nitrogens with two attached hydrogens (primary N) is 1. The molecular formula is C18H28N2O. The number of hydrogen-bond acceptors (Lipinski definition) is 2. The van der Waals surface area contributed by atoms with Crippen LogP contribution < -0.4 is 5.73 Å². The Morgan fingerprint density at radius 1 is 1.29 bits per heavy atom. The molecule has 1 aromatic rings. The van der Waals surface area contributed by atoms with Crippen LogP contribution >= 0.6 is 0 Å². The summed E-state index contributed by atoms with van der Waals surface area (Å²) in [5.41, 5.74) is 7.05. The maximum absolute atomic E-state index is 12.7. The van der Waals surface area contributed by atoms with Gasteiger partial charge in [0.05, 0.1) is 6.04 Å². The van der Waals surface area contributed by atoms with Crippen LogP contribution in [0.25, 0.3) is 0 Å². The van der Waals surface area contributed by atoms with Crippen molar-refractivity contribution < 1.29 is 4.79 Å². The molecule has 21 heavy (non-hydrogen) atoms. The third-order valence-corrected chi connectivity index (χ3v) is 4.44. The van der Waals surface area contributed by atoms with Gasteiger partial charge in [0.1, 0.15) is 0 Å². The highest BCUT2D eigenvalue weighted by Gasteiger charge is 2.31. The van der Waals surface area contributed by atoms with Crippen molar-refractivity contribution in [3.05, 3.63) is 35.9 Å². The van der Waals surface area contributed by atoms with Crippen LogP contribution in [-0.4, -0.2) is 23.4 Å². The summed E-state index contributed by atoms with van der Waals surface area (Å²) in [7, 11) is 0. The Bertz CT molecular complexity index is 444. The van der Waals surface area contributed by atoms with Gasteiger partial charge in [0.15, 0.2) is 0 Å². The summed E-state index contributed by atoms with van der Waals surface area (Å²) < 4.78 is 0. The molecule has 116 valence electrons. The molecule has 0 aromatic heterocycles. The van der Waals surface area contributed by atoms with Gasteiger partial charge in [-0.15, -0.1) is 0 Å². The van der Waals surface area contributed by atoms with E-state index >= 15 is 0 Å². The normalized spacial score (nSPS) is 21.3. The Morgan fingerprint density at radius 2 is 2.00 bits per heavy atom. The number of amides is 1. The maximum atomic E-state index is 12.7. The van der Waals surface area contributed by atoms with E-state index < -0.39 is 0 Å². The van der Waals surface area contributed by atoms with Gasteiger partial charge in [0.25, 0.3) is 0 Å². The smallest absolute Gasteiger partial charge is 0.225 e. The lowest BCUT2D eigenvalue weighted by Gasteiger charge is -2.28. The molecule has 0 bridgehead atoms. The van der Waals surface area contributed by atoms with Crippen molar-refractivity contribution in [3.63, 3.8) is 0 Å². The first kappa shape index (κ1) is 16.0. The predicted molar refractivity (Wildman–Crippen MR) is 86.8 cm³/mol. The van der Waals surface area contributed by atoms with Crippen molar-refractivity contribution in [2.24, 2.45) is 11.7 Å². The Morgan fingerprint density at radius 3 is 2.67 bits per heavy atom. The van der Waals surface area contributed by atoms with E-state index in [2.05, 4.69) is 36.1 Å². The van der Waals surface area contributed by atoms with Gasteiger partial charge in [0.2, 0.25) is 5.91 Å². The highest BCUT2D eigenvalue weighted by molar-refractivity contribution is 5.79. The third-order valence-electron chi connectivity index (χ3n) is 4.44. The zero-order chi connectivity index (χ0) is 15.2. The average Bonchev–Trinajstić information content (AvgIpc) is 2.96. The van der Waals surface area contributed by atoms with Gasteiger partial charge in [-0.2, -0.15) is 0 Å². The molecule has 1 aromatic carbocycles. The molecule has 1 amide bonds. The van der Waals surface area contributed by atoms with Crippen LogP contribution in [0.15, 0.2) is 30.3 Å². The van der Waals surface area contributed by atoms with Crippen LogP contribution in [0.3, 0.4) is 0 Å². The van der Waals surface area contributed by atoms with Crippen molar-refractivity contribution >= 4 is 5.91 Å². The van der Waals surface area contributed by atoms with Crippen molar-refractivity contribution in [2.45, 2.75) is 58.0 Å². The summed E-state index contributed by atoms with van der Waals surface area (Å²) in [5, 5.41) is 0. The first-order valence-corrected chi connectivity index (χ1v) is 8.20. The van der Waals surface area contributed by atoms with E-state index in [0.29, 0.717) is 5.91 Å². The Balaban J connectivity index is 1.94. The van der Waals surface area contributed by atoms with Crippen molar-refractivity contribution in [2.75, 3.05) is 6.54 Å². The lowest BCUT2D eigenvalue weighted by molar-refractivity contribution is -0.136. The summed E-state index contributed by atoms with van der Waals surface area (Å²) in [4.78, 5) is 14.8. The second-order valence-corrected chi connectivity index (χ2v) is 6.41. The first-order chi connectivity index (χ1) is 10.1. The number of hydrogen-bond donors (Lipinski definition) is 1. The molecule has 1 aliphatic rings. The molecule has 2 N–H and O–H groups in total. The molecule has 3 heteroatoms. The third kappa shape index (κ3) is 4.31. The molecule has 3 atom stereocenters. The molecule has 1 saturated heterocycles. The summed E-state index contributed by atoms with van der Waals surface area (Å²) in [6.07, 6.45) is 5.17. The molecule has 0 saturated carbocycles. The number of carbonyl (C=O) groups is 1. The van der Waals surface area contributed by atoms with Gasteiger partial charge in [-0.1, -0.05) is 43.7 Å². The zero-order valence-corrected chi connectivity index (χ0v) is 13.3. The summed E-state index contributed by atoms with van der Waals surface area (Å²) >= 11 is 0. The fraction of sp³-hybridized carbons (Fsp3) is 0.611. The summed E-state index contributed by atoms with van der Waals surface area (Å²) in [6, 6.07) is 10.9. The molecule has 1 heterocycles. The zero-order valence-electron chi connectivity index (χ0n) is 13.3. The van der Waals surface area contributed by atoms with Crippen molar-refractivity contribution in [3.8, 4) is 0 Å². The topological polar surface area (TPSA) is 46.3 Å². The fourth-order valence-electron chi connectivity index (χ4n) is 3.20. The quantitative estimate of drug-likeness (QED) is 0.870. The second-order valence-electron chi connectivity index (χ2n) is 6.41. The number of carbonyl (C=O) groups excluding carboxylic acids is 1. The molecular weight excluding hydrogens is 260 g/mol. The molecule has 0 radical (unpaired) electrons. The minimum atomic E-state index is 0.105. The first-order valence-electron chi connectivity index (χ1n) is 8.20. The molecule has 1 aliphatic heterocycles. The van der Waals surface area contributed by atoms with Crippen LogP contribution in [0.1, 0.15) is 57.6 Å². The van der Waals surface area contributed by atoms with E-state index in [9.17, 15) is 4.79 Å². The van der Waals surface area contributed by atoms with Crippen LogP contribution in [0.2, 0.25) is 0 Å². The standard InChI is InChI=1S/C18H28N2O/c1-14(8-6-9-15(2)19)18(21)20-13-7-12-17(20)16-10-4-3-5-11-16/h3-5,10-11,14-15,17H,6-9,12-13,19H2,1-2H3. The largest absolute Gasteiger partial charge is 0.335 e. The van der Waals surface area contributed by atoms with E-state index in [1.54, 1.807) is 0 Å². The highest BCUT2D eigenvalue weighted by Crippen LogP contribution is 2.33. The Hall–Kier alpha value is -1.35. The van der Waals surface area contributed by atoms with Crippen molar-refractivity contribution in [1.82, 2.24) is 4.90 Å². The number of benzene rings is 1. The van der Waals surface area contributed by atoms with Gasteiger partial charge in [-0.25, -0.2) is 0 Å². The summed E-state index contributed by atoms with van der Waals surface area (Å²) in [6.45, 7) is 4.98. The lowest BCUT2D eigenvalue weighted by Crippen LogP contribution is -2.34. The van der Waals surface area contributed by atoms with Gasteiger partial charge in [0, 0.05) is 18.5 Å². The van der Waals surface area contributed by atoms with E-state index in [-0.39, 0.29) is 18.0 Å². The van der Waals surface area contributed by atoms with Gasteiger partial charge in [-0.3, -0.25) is 4.79 Å². The minimum Gasteiger partial charge on any atom is -0.335 e. The van der Waals surface area contributed by atoms with Crippen LogP contribution in [0.5, 0.6) is 0 Å². The molecule has 0 spiro atoms. The van der Waals surface area contributed by atoms with Crippen LogP contribution in [0.4, 0.5) is 0 Å². The van der Waals surface area contributed by atoms with E-state index in [4.69, 9.17) is 5.73 Å². The number of nitrogens with zero attached hydrogens (tertiary/aromatic N) is 1. The van der Waals surface area contributed by atoms with Crippen LogP contribution in [0, 0.1) is 5.92 Å². The Labute approximate surface area is 128 Å². The minimum absolute atomic E-state index is 0.105. The number of likely N-dealkylation sites (tertiary alicyclic amines) is 1. The van der Waals surface area contributed by atoms with Gasteiger partial charge in [-0.05, 0) is 38.2 Å². The van der Waals surface area contributed by atoms with E-state index in [1.807, 2.05) is 13.0 Å². The maximum Gasteiger partial charge on any atom is 0.225 e. The Kier molecular flexibility index (Phi) is 5.80. The molecule has 3 unspecified atom stereocenters. The molecule has 0 aliphatic carbocycles. The van der Waals surface area contributed by atoms with E-state index in [0.717, 1.165) is 38.6 Å². The van der Waals surface area contributed by atoms with Crippen molar-refractivity contribution in [1.29, 1.82) is 0 Å². The lowest BCUT2D eigenvalue weighted by atomic mass is 9.99. The molecule has 2 rings (SSSR count). The fourth-order valence-corrected chi connectivity index (χ4v) is 3.20. The predicted octanol–water partition coefficient (Wildman–Crippen LogP) is 3.50. The SMILES string of the molecule is CC(N)CCCC(C)C(=O)N1CCCC1c1ccccc1. The van der Waals surface area contributed by atoms with Gasteiger partial charge >= 0.3 is 0 Å². The van der Waals surface area contributed by atoms with E-state index in [1.165, 1.54) is 5.56 Å². The highest BCUT2D eigenvalue weighted by atomic mass is 16.2. The monoisotopic (exact) mass is 288 g/mol. The molecule has 3 nitrogen and oxygen atoms in total. The molecule has 1 fully saturated rings. The summed E-state index contributed by atoms with van der Waals surface area (Å²) in [5.74, 6) is 0.416. The second kappa shape index (κ2) is 7.60.